The third kappa shape index (κ3) is 4.03. The number of pyridine rings is 1. The maximum Gasteiger partial charge on any atom is 0.174 e. The number of hydrogen-bond acceptors (Lipinski definition) is 5. The second kappa shape index (κ2) is 8.59. The number of fused-ring (bicyclic) bond motifs is 1. The molecule has 0 unspecified atom stereocenters. The second-order valence-corrected chi connectivity index (χ2v) is 8.23. The molecule has 1 atom stereocenters. The minimum absolute atomic E-state index is 0.182. The van der Waals surface area contributed by atoms with Gasteiger partial charge in [0.1, 0.15) is 16.7 Å². The Morgan fingerprint density at radius 2 is 2.06 bits per heavy atom. The number of rotatable bonds is 5. The Balaban J connectivity index is 1.40. The van der Waals surface area contributed by atoms with Gasteiger partial charge in [0.15, 0.2) is 5.82 Å². The topological polar surface area (TPSA) is 70.7 Å². The zero-order chi connectivity index (χ0) is 22.1. The van der Waals surface area contributed by atoms with E-state index in [9.17, 15) is 0 Å². The highest BCUT2D eigenvalue weighted by Gasteiger charge is 2.25. The Kier molecular flexibility index (Phi) is 5.49. The van der Waals surface area contributed by atoms with E-state index in [1.807, 2.05) is 71.1 Å². The van der Waals surface area contributed by atoms with Crippen LogP contribution in [-0.2, 0) is 6.54 Å². The van der Waals surface area contributed by atoms with Gasteiger partial charge in [-0.1, -0.05) is 29.8 Å². The average molecular weight is 447 g/mol. The summed E-state index contributed by atoms with van der Waals surface area (Å²) in [6, 6.07) is 9.92. The SMILES string of the molecule is COc1cc(C=Cc2nc3n(n2)CCC[C@H]3c2ccc(Cl)nc2)ccc1-n1cnc(C)c1. The van der Waals surface area contributed by atoms with E-state index in [0.29, 0.717) is 11.0 Å². The molecule has 0 N–H and O–H groups in total. The van der Waals surface area contributed by atoms with Crippen LogP contribution in [0.25, 0.3) is 17.8 Å². The molecule has 7 nitrogen and oxygen atoms in total. The number of hydrogen-bond donors (Lipinski definition) is 0. The zero-order valence-corrected chi connectivity index (χ0v) is 18.7. The van der Waals surface area contributed by atoms with E-state index in [0.717, 1.165) is 53.5 Å². The molecule has 0 fully saturated rings. The Morgan fingerprint density at radius 3 is 2.81 bits per heavy atom. The van der Waals surface area contributed by atoms with E-state index >= 15 is 0 Å². The highest BCUT2D eigenvalue weighted by molar-refractivity contribution is 6.29. The fourth-order valence-electron chi connectivity index (χ4n) is 4.08. The van der Waals surface area contributed by atoms with E-state index in [1.165, 1.54) is 0 Å². The summed E-state index contributed by atoms with van der Waals surface area (Å²) < 4.78 is 9.57. The lowest BCUT2D eigenvalue weighted by Gasteiger charge is -2.22. The van der Waals surface area contributed by atoms with Crippen molar-refractivity contribution in [3.63, 3.8) is 0 Å². The molecular weight excluding hydrogens is 424 g/mol. The second-order valence-electron chi connectivity index (χ2n) is 7.85. The Hall–Kier alpha value is -3.45. The molecule has 0 spiro atoms. The van der Waals surface area contributed by atoms with E-state index in [1.54, 1.807) is 13.4 Å². The van der Waals surface area contributed by atoms with Crippen LogP contribution in [0, 0.1) is 6.92 Å². The summed E-state index contributed by atoms with van der Waals surface area (Å²) in [4.78, 5) is 13.3. The van der Waals surface area contributed by atoms with Crippen molar-refractivity contribution < 1.29 is 4.74 Å². The van der Waals surface area contributed by atoms with Gasteiger partial charge >= 0.3 is 0 Å². The van der Waals surface area contributed by atoms with Crippen LogP contribution in [0.1, 0.15) is 47.2 Å². The average Bonchev–Trinajstić information content (AvgIpc) is 3.43. The molecule has 1 aliphatic rings. The molecule has 0 saturated heterocycles. The van der Waals surface area contributed by atoms with Gasteiger partial charge in [0.2, 0.25) is 0 Å². The molecule has 4 heterocycles. The number of aryl methyl sites for hydroxylation is 2. The third-order valence-corrected chi connectivity index (χ3v) is 5.89. The van der Waals surface area contributed by atoms with Crippen LogP contribution >= 0.6 is 11.6 Å². The van der Waals surface area contributed by atoms with Gasteiger partial charge < -0.3 is 9.30 Å². The standard InChI is InChI=1S/C24H23ClN6O/c1-16-14-30(15-27-16)20-8-5-17(12-21(20)32-2)6-10-23-28-24-19(4-3-11-31(24)29-23)18-7-9-22(25)26-13-18/h5-10,12-15,19H,3-4,11H2,1-2H3/t19-/m0/s1. The van der Waals surface area contributed by atoms with Crippen molar-refractivity contribution >= 4 is 23.8 Å². The molecular formula is C24H23ClN6O. The van der Waals surface area contributed by atoms with Crippen LogP contribution in [0.5, 0.6) is 5.75 Å². The highest BCUT2D eigenvalue weighted by atomic mass is 35.5. The molecule has 8 heteroatoms. The van der Waals surface area contributed by atoms with Crippen molar-refractivity contribution in [3.05, 3.63) is 82.7 Å². The molecule has 162 valence electrons. The Morgan fingerprint density at radius 1 is 1.16 bits per heavy atom. The van der Waals surface area contributed by atoms with Crippen molar-refractivity contribution in [2.75, 3.05) is 7.11 Å². The summed E-state index contributed by atoms with van der Waals surface area (Å²) in [6.45, 7) is 2.84. The number of imidazole rings is 1. The van der Waals surface area contributed by atoms with Crippen LogP contribution in [0.2, 0.25) is 5.15 Å². The molecule has 0 saturated carbocycles. The van der Waals surface area contributed by atoms with Crippen molar-refractivity contribution in [1.82, 2.24) is 29.3 Å². The van der Waals surface area contributed by atoms with Crippen molar-refractivity contribution in [3.8, 4) is 11.4 Å². The number of methoxy groups -OCH3 is 1. The molecule has 1 aliphatic heterocycles. The van der Waals surface area contributed by atoms with Crippen molar-refractivity contribution in [2.24, 2.45) is 0 Å². The van der Waals surface area contributed by atoms with E-state index in [2.05, 4.69) is 9.97 Å². The summed E-state index contributed by atoms with van der Waals surface area (Å²) in [7, 11) is 1.67. The lowest BCUT2D eigenvalue weighted by atomic mass is 9.92. The first kappa shape index (κ1) is 20.5. The maximum absolute atomic E-state index is 5.95. The third-order valence-electron chi connectivity index (χ3n) is 5.66. The summed E-state index contributed by atoms with van der Waals surface area (Å²) in [6.07, 6.45) is 11.6. The van der Waals surface area contributed by atoms with Gasteiger partial charge in [0.05, 0.1) is 24.8 Å². The minimum atomic E-state index is 0.182. The number of aromatic nitrogens is 6. The normalized spacial score (nSPS) is 15.8. The molecule has 3 aromatic heterocycles. The Bertz CT molecular complexity index is 1270. The fourth-order valence-corrected chi connectivity index (χ4v) is 4.20. The van der Waals surface area contributed by atoms with Gasteiger partial charge in [-0.05, 0) is 55.2 Å². The van der Waals surface area contributed by atoms with E-state index in [-0.39, 0.29) is 5.92 Å². The molecule has 32 heavy (non-hydrogen) atoms. The summed E-state index contributed by atoms with van der Waals surface area (Å²) in [5.41, 5.74) is 4.03. The van der Waals surface area contributed by atoms with Gasteiger partial charge in [-0.3, -0.25) is 0 Å². The molecule has 0 radical (unpaired) electrons. The largest absolute Gasteiger partial charge is 0.495 e. The molecule has 1 aromatic carbocycles. The number of benzene rings is 1. The summed E-state index contributed by atoms with van der Waals surface area (Å²) >= 11 is 5.95. The molecule has 0 aliphatic carbocycles. The molecule has 4 aromatic rings. The van der Waals surface area contributed by atoms with Gasteiger partial charge in [-0.15, -0.1) is 0 Å². The number of halogens is 1. The van der Waals surface area contributed by atoms with Crippen LogP contribution < -0.4 is 4.74 Å². The first-order valence-corrected chi connectivity index (χ1v) is 10.9. The van der Waals surface area contributed by atoms with Crippen LogP contribution in [0.15, 0.2) is 49.1 Å². The summed E-state index contributed by atoms with van der Waals surface area (Å²) in [5, 5.41) is 5.20. The van der Waals surface area contributed by atoms with Gasteiger partial charge in [-0.2, -0.15) is 5.10 Å². The predicted molar refractivity (Wildman–Crippen MR) is 124 cm³/mol. The molecule has 0 amide bonds. The zero-order valence-electron chi connectivity index (χ0n) is 17.9. The van der Waals surface area contributed by atoms with Crippen molar-refractivity contribution in [2.45, 2.75) is 32.2 Å². The van der Waals surface area contributed by atoms with Gasteiger partial charge in [-0.25, -0.2) is 19.6 Å². The lowest BCUT2D eigenvalue weighted by molar-refractivity contribution is 0.413. The van der Waals surface area contributed by atoms with E-state index < -0.39 is 0 Å². The monoisotopic (exact) mass is 446 g/mol. The molecule has 5 rings (SSSR count). The quantitative estimate of drug-likeness (QED) is 0.407. The minimum Gasteiger partial charge on any atom is -0.495 e. The number of ether oxygens (including phenoxy) is 1. The first-order chi connectivity index (χ1) is 15.6. The fraction of sp³-hybridized carbons (Fsp3) is 0.250. The summed E-state index contributed by atoms with van der Waals surface area (Å²) in [5.74, 6) is 2.63. The highest BCUT2D eigenvalue weighted by Crippen LogP contribution is 2.32. The van der Waals surface area contributed by atoms with Gasteiger partial charge in [0.25, 0.3) is 0 Å². The van der Waals surface area contributed by atoms with Crippen LogP contribution in [-0.4, -0.2) is 36.4 Å². The van der Waals surface area contributed by atoms with E-state index in [4.69, 9.17) is 26.4 Å². The Labute approximate surface area is 191 Å². The maximum atomic E-state index is 5.95. The number of nitrogens with zero attached hydrogens (tertiary/aromatic N) is 6. The van der Waals surface area contributed by atoms with Crippen LogP contribution in [0.3, 0.4) is 0 Å². The lowest BCUT2D eigenvalue weighted by Crippen LogP contribution is -2.18. The first-order valence-electron chi connectivity index (χ1n) is 10.5. The van der Waals surface area contributed by atoms with Gasteiger partial charge in [0, 0.05) is 24.9 Å². The van der Waals surface area contributed by atoms with Crippen molar-refractivity contribution in [1.29, 1.82) is 0 Å². The predicted octanol–water partition coefficient (Wildman–Crippen LogP) is 4.93. The molecule has 0 bridgehead atoms. The van der Waals surface area contributed by atoms with Crippen LogP contribution in [0.4, 0.5) is 0 Å². The smallest absolute Gasteiger partial charge is 0.174 e.